The van der Waals surface area contributed by atoms with Crippen LogP contribution in [0, 0.1) is 0 Å². The number of methoxy groups -OCH3 is 2. The Hall–Kier alpha value is -1.56. The van der Waals surface area contributed by atoms with E-state index in [0.717, 1.165) is 28.0 Å². The van der Waals surface area contributed by atoms with Crippen LogP contribution in [-0.2, 0) is 6.42 Å². The van der Waals surface area contributed by atoms with E-state index in [1.165, 1.54) is 5.56 Å². The molecule has 2 rings (SSSR count). The molecule has 21 heavy (non-hydrogen) atoms. The van der Waals surface area contributed by atoms with E-state index in [-0.39, 0.29) is 6.04 Å². The number of hydrogen-bond donors (Lipinski definition) is 2. The van der Waals surface area contributed by atoms with Gasteiger partial charge in [0.2, 0.25) is 0 Å². The first-order valence-electron chi connectivity index (χ1n) is 6.60. The second-order valence-electron chi connectivity index (χ2n) is 4.67. The fourth-order valence-electron chi connectivity index (χ4n) is 2.18. The van der Waals surface area contributed by atoms with Gasteiger partial charge in [-0.15, -0.1) is 0 Å². The van der Waals surface area contributed by atoms with Crippen molar-refractivity contribution in [1.82, 2.24) is 5.43 Å². The molecule has 0 bridgehead atoms. The highest BCUT2D eigenvalue weighted by atomic mass is 79.9. The van der Waals surface area contributed by atoms with E-state index >= 15 is 0 Å². The van der Waals surface area contributed by atoms with Gasteiger partial charge in [-0.1, -0.05) is 18.2 Å². The number of hydrazine groups is 1. The molecule has 2 aromatic rings. The average Bonchev–Trinajstić information content (AvgIpc) is 2.53. The van der Waals surface area contributed by atoms with Crippen LogP contribution in [0.3, 0.4) is 0 Å². The predicted octanol–water partition coefficient (Wildman–Crippen LogP) is 3.21. The Bertz CT molecular complexity index is 587. The van der Waals surface area contributed by atoms with Gasteiger partial charge in [-0.2, -0.15) is 0 Å². The minimum atomic E-state index is 0.0381. The first-order valence-corrected chi connectivity index (χ1v) is 7.39. The van der Waals surface area contributed by atoms with Crippen molar-refractivity contribution >= 4 is 15.9 Å². The highest BCUT2D eigenvalue weighted by Gasteiger charge is 2.12. The molecule has 0 radical (unpaired) electrons. The van der Waals surface area contributed by atoms with Gasteiger partial charge in [-0.25, -0.2) is 0 Å². The topological polar surface area (TPSA) is 56.5 Å². The summed E-state index contributed by atoms with van der Waals surface area (Å²) in [6, 6.07) is 14.0. The summed E-state index contributed by atoms with van der Waals surface area (Å²) in [5.41, 5.74) is 5.15. The van der Waals surface area contributed by atoms with Crippen molar-refractivity contribution in [2.24, 2.45) is 5.84 Å². The maximum absolute atomic E-state index is 5.70. The maximum atomic E-state index is 5.70. The molecule has 0 spiro atoms. The van der Waals surface area contributed by atoms with Crippen LogP contribution in [0.2, 0.25) is 0 Å². The lowest BCUT2D eigenvalue weighted by atomic mass is 9.99. The van der Waals surface area contributed by atoms with Gasteiger partial charge in [0, 0.05) is 6.04 Å². The SMILES string of the molecule is COc1ccc(C(Cc2ccc(OC)c(Br)c2)NN)cc1. The van der Waals surface area contributed by atoms with E-state index in [0.29, 0.717) is 0 Å². The molecule has 3 N–H and O–H groups in total. The summed E-state index contributed by atoms with van der Waals surface area (Å²) in [5, 5.41) is 0. The fourth-order valence-corrected chi connectivity index (χ4v) is 2.77. The third-order valence-electron chi connectivity index (χ3n) is 3.38. The molecule has 0 aliphatic rings. The van der Waals surface area contributed by atoms with E-state index < -0.39 is 0 Å². The van der Waals surface area contributed by atoms with Gasteiger partial charge in [0.25, 0.3) is 0 Å². The highest BCUT2D eigenvalue weighted by Crippen LogP contribution is 2.28. The molecule has 0 aliphatic heterocycles. The third-order valence-corrected chi connectivity index (χ3v) is 4.00. The van der Waals surface area contributed by atoms with Crippen LogP contribution >= 0.6 is 15.9 Å². The Morgan fingerprint density at radius 2 is 1.81 bits per heavy atom. The van der Waals surface area contributed by atoms with Crippen molar-refractivity contribution in [2.75, 3.05) is 14.2 Å². The van der Waals surface area contributed by atoms with Crippen LogP contribution in [-0.4, -0.2) is 14.2 Å². The van der Waals surface area contributed by atoms with Gasteiger partial charge < -0.3 is 9.47 Å². The van der Waals surface area contributed by atoms with Gasteiger partial charge in [0.1, 0.15) is 11.5 Å². The second kappa shape index (κ2) is 7.45. The summed E-state index contributed by atoms with van der Waals surface area (Å²) < 4.78 is 11.3. The van der Waals surface area contributed by atoms with Crippen molar-refractivity contribution in [2.45, 2.75) is 12.5 Å². The lowest BCUT2D eigenvalue weighted by molar-refractivity contribution is 0.411. The summed E-state index contributed by atoms with van der Waals surface area (Å²) in [5.74, 6) is 7.35. The summed E-state index contributed by atoms with van der Waals surface area (Å²) >= 11 is 3.50. The molecule has 0 fully saturated rings. The minimum absolute atomic E-state index is 0.0381. The van der Waals surface area contributed by atoms with Crippen molar-refractivity contribution < 1.29 is 9.47 Å². The molecule has 0 saturated carbocycles. The zero-order chi connectivity index (χ0) is 15.2. The molecule has 5 heteroatoms. The van der Waals surface area contributed by atoms with Crippen molar-refractivity contribution in [1.29, 1.82) is 0 Å². The third kappa shape index (κ3) is 3.97. The normalized spacial score (nSPS) is 12.0. The molecule has 4 nitrogen and oxygen atoms in total. The molecular weight excluding hydrogens is 332 g/mol. The monoisotopic (exact) mass is 350 g/mol. The molecule has 0 saturated heterocycles. The van der Waals surface area contributed by atoms with E-state index in [4.69, 9.17) is 15.3 Å². The smallest absolute Gasteiger partial charge is 0.133 e. The number of benzene rings is 2. The largest absolute Gasteiger partial charge is 0.497 e. The molecule has 0 aliphatic carbocycles. The fraction of sp³-hybridized carbons (Fsp3) is 0.250. The first kappa shape index (κ1) is 15.8. The number of halogens is 1. The van der Waals surface area contributed by atoms with Crippen LogP contribution in [0.5, 0.6) is 11.5 Å². The van der Waals surface area contributed by atoms with E-state index in [9.17, 15) is 0 Å². The van der Waals surface area contributed by atoms with Crippen LogP contribution in [0.1, 0.15) is 17.2 Å². The van der Waals surface area contributed by atoms with Gasteiger partial charge in [-0.3, -0.25) is 11.3 Å². The number of hydrogen-bond acceptors (Lipinski definition) is 4. The number of rotatable bonds is 6. The van der Waals surface area contributed by atoms with Crippen LogP contribution < -0.4 is 20.7 Å². The van der Waals surface area contributed by atoms with Gasteiger partial charge in [0.05, 0.1) is 18.7 Å². The van der Waals surface area contributed by atoms with Crippen LogP contribution in [0.15, 0.2) is 46.9 Å². The summed E-state index contributed by atoms with van der Waals surface area (Å²) in [4.78, 5) is 0. The Labute approximate surface area is 133 Å². The lowest BCUT2D eigenvalue weighted by Gasteiger charge is -2.17. The van der Waals surface area contributed by atoms with E-state index in [1.807, 2.05) is 42.5 Å². The second-order valence-corrected chi connectivity index (χ2v) is 5.52. The maximum Gasteiger partial charge on any atom is 0.133 e. The van der Waals surface area contributed by atoms with Crippen LogP contribution in [0.4, 0.5) is 0 Å². The molecule has 1 unspecified atom stereocenters. The zero-order valence-electron chi connectivity index (χ0n) is 12.1. The number of ether oxygens (including phenoxy) is 2. The highest BCUT2D eigenvalue weighted by molar-refractivity contribution is 9.10. The van der Waals surface area contributed by atoms with E-state index in [2.05, 4.69) is 21.4 Å². The summed E-state index contributed by atoms with van der Waals surface area (Å²) in [6.07, 6.45) is 0.783. The molecular formula is C16H19BrN2O2. The number of nitrogens with two attached hydrogens (primary N) is 1. The lowest BCUT2D eigenvalue weighted by Crippen LogP contribution is -2.29. The molecule has 0 aromatic heterocycles. The Kier molecular flexibility index (Phi) is 5.61. The van der Waals surface area contributed by atoms with Gasteiger partial charge in [-0.05, 0) is 57.7 Å². The standard InChI is InChI=1S/C16H19BrN2O2/c1-20-13-6-4-12(5-7-13)15(19-18)10-11-3-8-16(21-2)14(17)9-11/h3-9,15,19H,10,18H2,1-2H3. The predicted molar refractivity (Wildman–Crippen MR) is 87.5 cm³/mol. The first-order chi connectivity index (χ1) is 10.2. The number of nitrogens with one attached hydrogen (secondary N) is 1. The Balaban J connectivity index is 2.16. The van der Waals surface area contributed by atoms with E-state index in [1.54, 1.807) is 14.2 Å². The van der Waals surface area contributed by atoms with Crippen molar-refractivity contribution in [3.63, 3.8) is 0 Å². The van der Waals surface area contributed by atoms with Crippen molar-refractivity contribution in [3.05, 3.63) is 58.1 Å². The Morgan fingerprint density at radius 3 is 2.33 bits per heavy atom. The molecule has 0 heterocycles. The van der Waals surface area contributed by atoms with Gasteiger partial charge in [0.15, 0.2) is 0 Å². The average molecular weight is 351 g/mol. The molecule has 1 atom stereocenters. The molecule has 112 valence electrons. The quantitative estimate of drug-likeness (QED) is 0.620. The molecule has 2 aromatic carbocycles. The Morgan fingerprint density at radius 1 is 1.10 bits per heavy atom. The minimum Gasteiger partial charge on any atom is -0.497 e. The van der Waals surface area contributed by atoms with Crippen molar-refractivity contribution in [3.8, 4) is 11.5 Å². The van der Waals surface area contributed by atoms with Gasteiger partial charge >= 0.3 is 0 Å². The zero-order valence-corrected chi connectivity index (χ0v) is 13.7. The van der Waals surface area contributed by atoms with Crippen LogP contribution in [0.25, 0.3) is 0 Å². The molecule has 0 amide bonds. The summed E-state index contributed by atoms with van der Waals surface area (Å²) in [7, 11) is 3.31. The summed E-state index contributed by atoms with van der Waals surface area (Å²) in [6.45, 7) is 0.